The molecule has 0 saturated heterocycles. The Hall–Kier alpha value is -0.900. The fraction of sp³-hybridized carbons (Fsp3) is 0.800. The van der Waals surface area contributed by atoms with E-state index in [1.807, 2.05) is 0 Å². The summed E-state index contributed by atoms with van der Waals surface area (Å²) in [6.07, 6.45) is 2.67. The van der Waals surface area contributed by atoms with Crippen LogP contribution in [0.3, 0.4) is 0 Å². The molecule has 0 unspecified atom stereocenters. The van der Waals surface area contributed by atoms with Crippen LogP contribution in [0.5, 0.6) is 0 Å². The van der Waals surface area contributed by atoms with Gasteiger partial charge in [-0.1, -0.05) is 6.92 Å². The van der Waals surface area contributed by atoms with Crippen LogP contribution >= 0.6 is 24.0 Å². The first-order valence-electron chi connectivity index (χ1n) is 7.97. The van der Waals surface area contributed by atoms with Crippen molar-refractivity contribution in [2.24, 2.45) is 4.99 Å². The second-order valence-corrected chi connectivity index (χ2v) is 6.12. The Morgan fingerprint density at radius 2 is 2.00 bits per heavy atom. The second-order valence-electron chi connectivity index (χ2n) is 6.12. The monoisotopic (exact) mass is 437 g/mol. The first-order chi connectivity index (χ1) is 10.4. The lowest BCUT2D eigenvalue weighted by Crippen LogP contribution is -2.44. The highest BCUT2D eigenvalue weighted by Crippen LogP contribution is 2.09. The lowest BCUT2D eigenvalue weighted by Gasteiger charge is -2.31. The van der Waals surface area contributed by atoms with E-state index >= 15 is 0 Å². The van der Waals surface area contributed by atoms with Gasteiger partial charge in [-0.15, -0.1) is 34.2 Å². The molecule has 0 atom stereocenters. The van der Waals surface area contributed by atoms with Crippen molar-refractivity contribution in [3.63, 3.8) is 0 Å². The van der Waals surface area contributed by atoms with Crippen molar-refractivity contribution < 1.29 is 0 Å². The van der Waals surface area contributed by atoms with Crippen LogP contribution in [-0.4, -0.2) is 64.9 Å². The van der Waals surface area contributed by atoms with Gasteiger partial charge in [0.25, 0.3) is 0 Å². The minimum atomic E-state index is 0. The van der Waals surface area contributed by atoms with E-state index in [4.69, 9.17) is 0 Å². The largest absolute Gasteiger partial charge is 0.357 e. The predicted octanol–water partition coefficient (Wildman–Crippen LogP) is 1.35. The first kappa shape index (κ1) is 22.1. The Morgan fingerprint density at radius 1 is 1.30 bits per heavy atom. The van der Waals surface area contributed by atoms with Gasteiger partial charge in [0.15, 0.2) is 5.96 Å². The number of hydrogen-bond donors (Lipinski definition) is 2. The van der Waals surface area contributed by atoms with Gasteiger partial charge in [0.2, 0.25) is 0 Å². The number of hydrogen-bond acceptors (Lipinski definition) is 4. The summed E-state index contributed by atoms with van der Waals surface area (Å²) in [5.41, 5.74) is 0.0337. The van der Waals surface area contributed by atoms with Crippen molar-refractivity contribution >= 4 is 29.9 Å². The van der Waals surface area contributed by atoms with Crippen LogP contribution in [0.1, 0.15) is 33.5 Å². The van der Waals surface area contributed by atoms with E-state index in [1.54, 1.807) is 6.33 Å². The smallest absolute Gasteiger partial charge is 0.191 e. The van der Waals surface area contributed by atoms with Gasteiger partial charge in [-0.3, -0.25) is 4.99 Å². The SMILES string of the molecule is CCNC(=NCC(C)(C)N(C)C)NCCn1cnnc1CC.I. The molecular formula is C15H32IN7. The molecule has 0 saturated carbocycles. The van der Waals surface area contributed by atoms with Gasteiger partial charge in [-0.2, -0.15) is 0 Å². The van der Waals surface area contributed by atoms with Crippen LogP contribution in [0.15, 0.2) is 11.3 Å². The molecule has 0 amide bonds. The van der Waals surface area contributed by atoms with E-state index in [9.17, 15) is 0 Å². The molecule has 1 heterocycles. The van der Waals surface area contributed by atoms with E-state index in [-0.39, 0.29) is 29.5 Å². The van der Waals surface area contributed by atoms with E-state index in [1.165, 1.54) is 0 Å². The standard InChI is InChI=1S/C15H31N7.HI/c1-7-13-20-19-12-22(13)10-9-17-14(16-8-2)18-11-15(3,4)21(5)6;/h12H,7-11H2,1-6H3,(H2,16,17,18);1H. The topological polar surface area (TPSA) is 70.4 Å². The number of aryl methyl sites for hydroxylation is 1. The number of nitrogens with one attached hydrogen (secondary N) is 2. The zero-order valence-electron chi connectivity index (χ0n) is 15.3. The van der Waals surface area contributed by atoms with Crippen molar-refractivity contribution in [2.45, 2.75) is 46.2 Å². The van der Waals surface area contributed by atoms with Gasteiger partial charge in [-0.25, -0.2) is 0 Å². The van der Waals surface area contributed by atoms with Crippen molar-refractivity contribution in [2.75, 3.05) is 33.7 Å². The molecule has 0 aliphatic rings. The molecule has 0 aliphatic heterocycles. The van der Waals surface area contributed by atoms with E-state index in [0.29, 0.717) is 0 Å². The highest BCUT2D eigenvalue weighted by molar-refractivity contribution is 14.0. The molecule has 2 N–H and O–H groups in total. The van der Waals surface area contributed by atoms with Gasteiger partial charge in [-0.05, 0) is 34.9 Å². The Labute approximate surface area is 157 Å². The van der Waals surface area contributed by atoms with Crippen molar-refractivity contribution in [3.05, 3.63) is 12.2 Å². The van der Waals surface area contributed by atoms with Gasteiger partial charge in [0, 0.05) is 31.6 Å². The van der Waals surface area contributed by atoms with Gasteiger partial charge in [0.05, 0.1) is 6.54 Å². The normalized spacial score (nSPS) is 12.2. The lowest BCUT2D eigenvalue weighted by atomic mass is 10.1. The third-order valence-electron chi connectivity index (χ3n) is 3.84. The van der Waals surface area contributed by atoms with Crippen molar-refractivity contribution in [1.82, 2.24) is 30.3 Å². The second kappa shape index (κ2) is 10.8. The number of halogens is 1. The molecule has 8 heteroatoms. The third kappa shape index (κ3) is 7.47. The summed E-state index contributed by atoms with van der Waals surface area (Å²) in [6, 6.07) is 0. The van der Waals surface area contributed by atoms with E-state index in [0.717, 1.165) is 44.4 Å². The molecule has 1 aromatic heterocycles. The Balaban J connectivity index is 0.00000484. The summed E-state index contributed by atoms with van der Waals surface area (Å²) < 4.78 is 2.07. The van der Waals surface area contributed by atoms with Crippen LogP contribution in [0.2, 0.25) is 0 Å². The van der Waals surface area contributed by atoms with Crippen LogP contribution in [0.4, 0.5) is 0 Å². The van der Waals surface area contributed by atoms with Crippen LogP contribution < -0.4 is 10.6 Å². The molecule has 0 spiro atoms. The van der Waals surface area contributed by atoms with Gasteiger partial charge >= 0.3 is 0 Å². The minimum absolute atomic E-state index is 0. The van der Waals surface area contributed by atoms with Crippen LogP contribution in [0, 0.1) is 0 Å². The summed E-state index contributed by atoms with van der Waals surface area (Å²) in [6.45, 7) is 11.7. The minimum Gasteiger partial charge on any atom is -0.357 e. The average Bonchev–Trinajstić information content (AvgIpc) is 2.92. The summed E-state index contributed by atoms with van der Waals surface area (Å²) in [4.78, 5) is 6.87. The molecule has 1 aromatic rings. The number of aromatic nitrogens is 3. The molecular weight excluding hydrogens is 405 g/mol. The summed E-state index contributed by atoms with van der Waals surface area (Å²) >= 11 is 0. The van der Waals surface area contributed by atoms with Gasteiger partial charge < -0.3 is 20.1 Å². The maximum Gasteiger partial charge on any atom is 0.191 e. The Kier molecular flexibility index (Phi) is 10.4. The average molecular weight is 437 g/mol. The molecule has 23 heavy (non-hydrogen) atoms. The maximum absolute atomic E-state index is 4.68. The fourth-order valence-corrected chi connectivity index (χ4v) is 1.79. The number of rotatable bonds is 8. The third-order valence-corrected chi connectivity index (χ3v) is 3.84. The molecule has 0 aromatic carbocycles. The Bertz CT molecular complexity index is 468. The highest BCUT2D eigenvalue weighted by atomic mass is 127. The lowest BCUT2D eigenvalue weighted by molar-refractivity contribution is 0.204. The molecule has 134 valence electrons. The quantitative estimate of drug-likeness (QED) is 0.365. The summed E-state index contributed by atoms with van der Waals surface area (Å²) in [5, 5.41) is 14.7. The molecule has 7 nitrogen and oxygen atoms in total. The zero-order chi connectivity index (χ0) is 16.6. The Morgan fingerprint density at radius 3 is 2.57 bits per heavy atom. The molecule has 0 fully saturated rings. The molecule has 0 radical (unpaired) electrons. The number of aliphatic imine (C=N–C) groups is 1. The zero-order valence-corrected chi connectivity index (χ0v) is 17.6. The fourth-order valence-electron chi connectivity index (χ4n) is 1.79. The van der Waals surface area contributed by atoms with Crippen molar-refractivity contribution in [3.8, 4) is 0 Å². The number of likely N-dealkylation sites (N-methyl/N-ethyl adjacent to an activating group) is 1. The van der Waals surface area contributed by atoms with Crippen LogP contribution in [-0.2, 0) is 13.0 Å². The van der Waals surface area contributed by atoms with E-state index in [2.05, 4.69) is 77.1 Å². The summed E-state index contributed by atoms with van der Waals surface area (Å²) in [7, 11) is 4.16. The molecule has 0 bridgehead atoms. The number of guanidine groups is 1. The maximum atomic E-state index is 4.68. The predicted molar refractivity (Wildman–Crippen MR) is 107 cm³/mol. The highest BCUT2D eigenvalue weighted by Gasteiger charge is 2.19. The first-order valence-corrected chi connectivity index (χ1v) is 7.97. The molecule has 1 rings (SSSR count). The van der Waals surface area contributed by atoms with Crippen molar-refractivity contribution in [1.29, 1.82) is 0 Å². The number of nitrogens with zero attached hydrogens (tertiary/aromatic N) is 5. The van der Waals surface area contributed by atoms with Crippen LogP contribution in [0.25, 0.3) is 0 Å². The molecule has 0 aliphatic carbocycles. The van der Waals surface area contributed by atoms with E-state index < -0.39 is 0 Å². The van der Waals surface area contributed by atoms with Gasteiger partial charge in [0.1, 0.15) is 12.2 Å². The summed E-state index contributed by atoms with van der Waals surface area (Å²) in [5.74, 6) is 1.86.